The maximum absolute atomic E-state index is 13.0. The van der Waals surface area contributed by atoms with E-state index in [0.717, 1.165) is 32.4 Å². The molecule has 2 aliphatic rings. The van der Waals surface area contributed by atoms with E-state index in [2.05, 4.69) is 5.32 Å². The normalized spacial score (nSPS) is 16.0. The monoisotopic (exact) mass is 411 g/mol. The molecule has 0 spiro atoms. The third-order valence-electron chi connectivity index (χ3n) is 5.22. The van der Waals surface area contributed by atoms with E-state index in [1.807, 2.05) is 4.90 Å². The Morgan fingerprint density at radius 3 is 2.50 bits per heavy atom. The summed E-state index contributed by atoms with van der Waals surface area (Å²) in [4.78, 5) is 40.9. The van der Waals surface area contributed by atoms with Crippen LogP contribution in [0.1, 0.15) is 29.6 Å². The highest BCUT2D eigenvalue weighted by Crippen LogP contribution is 2.33. The number of carbonyl (C=O) groups excluding carboxylic acids is 3. The Hall–Kier alpha value is -3.42. The van der Waals surface area contributed by atoms with Gasteiger partial charge in [0.05, 0.1) is 5.69 Å². The van der Waals surface area contributed by atoms with Crippen molar-refractivity contribution in [3.8, 4) is 5.75 Å². The number of benzene rings is 2. The predicted octanol–water partition coefficient (Wildman–Crippen LogP) is 2.82. The average molecular weight is 411 g/mol. The molecular formula is C22H22FN3O4. The van der Waals surface area contributed by atoms with Gasteiger partial charge in [-0.1, -0.05) is 0 Å². The SMILES string of the molecule is O=C(CN1C(=O)COc2ccc(C(=O)N3CCCCC3)cc21)Nc1ccc(F)cc1. The molecule has 1 fully saturated rings. The fraction of sp³-hybridized carbons (Fsp3) is 0.318. The van der Waals surface area contributed by atoms with Gasteiger partial charge in [0.1, 0.15) is 18.1 Å². The van der Waals surface area contributed by atoms with Gasteiger partial charge < -0.3 is 15.0 Å². The number of halogens is 1. The summed E-state index contributed by atoms with van der Waals surface area (Å²) in [6.45, 7) is 1.01. The summed E-state index contributed by atoms with van der Waals surface area (Å²) in [6.07, 6.45) is 3.08. The van der Waals surface area contributed by atoms with Crippen LogP contribution in [0, 0.1) is 5.82 Å². The molecule has 0 saturated carbocycles. The molecule has 2 aromatic rings. The second kappa shape index (κ2) is 8.52. The summed E-state index contributed by atoms with van der Waals surface area (Å²) in [7, 11) is 0. The minimum Gasteiger partial charge on any atom is -0.482 e. The van der Waals surface area contributed by atoms with Crippen molar-refractivity contribution < 1.29 is 23.5 Å². The lowest BCUT2D eigenvalue weighted by molar-refractivity contribution is -0.123. The lowest BCUT2D eigenvalue weighted by atomic mass is 10.1. The van der Waals surface area contributed by atoms with Crippen molar-refractivity contribution >= 4 is 29.1 Å². The molecule has 0 bridgehead atoms. The molecule has 2 aliphatic heterocycles. The molecule has 0 unspecified atom stereocenters. The van der Waals surface area contributed by atoms with E-state index in [9.17, 15) is 18.8 Å². The Morgan fingerprint density at radius 1 is 1.03 bits per heavy atom. The number of carbonyl (C=O) groups is 3. The highest BCUT2D eigenvalue weighted by molar-refractivity contribution is 6.06. The van der Waals surface area contributed by atoms with E-state index in [0.29, 0.717) is 22.7 Å². The molecule has 156 valence electrons. The van der Waals surface area contributed by atoms with E-state index >= 15 is 0 Å². The first-order valence-corrected chi connectivity index (χ1v) is 9.93. The number of nitrogens with one attached hydrogen (secondary N) is 1. The Morgan fingerprint density at radius 2 is 1.77 bits per heavy atom. The minimum atomic E-state index is -0.435. The summed E-state index contributed by atoms with van der Waals surface area (Å²) in [5.41, 5.74) is 1.28. The molecule has 0 atom stereocenters. The molecule has 2 heterocycles. The number of likely N-dealkylation sites (tertiary alicyclic amines) is 1. The van der Waals surface area contributed by atoms with Gasteiger partial charge in [-0.25, -0.2) is 4.39 Å². The first-order valence-electron chi connectivity index (χ1n) is 9.93. The lowest BCUT2D eigenvalue weighted by Gasteiger charge is -2.30. The van der Waals surface area contributed by atoms with Crippen LogP contribution < -0.4 is 15.0 Å². The van der Waals surface area contributed by atoms with Crippen molar-refractivity contribution in [1.29, 1.82) is 0 Å². The van der Waals surface area contributed by atoms with Gasteiger partial charge in [0.2, 0.25) is 5.91 Å². The second-order valence-electron chi connectivity index (χ2n) is 7.36. The summed E-state index contributed by atoms with van der Waals surface area (Å²) >= 11 is 0. The molecule has 0 aromatic heterocycles. The van der Waals surface area contributed by atoms with Crippen LogP contribution >= 0.6 is 0 Å². The number of amides is 3. The highest BCUT2D eigenvalue weighted by Gasteiger charge is 2.29. The number of anilines is 2. The third-order valence-corrected chi connectivity index (χ3v) is 5.22. The summed E-state index contributed by atoms with van der Waals surface area (Å²) in [6, 6.07) is 10.3. The molecule has 1 N–H and O–H groups in total. The summed E-state index contributed by atoms with van der Waals surface area (Å²) < 4.78 is 18.5. The Bertz CT molecular complexity index is 971. The molecule has 2 aromatic carbocycles. The largest absolute Gasteiger partial charge is 0.482 e. The van der Waals surface area contributed by atoms with Crippen molar-refractivity contribution in [3.63, 3.8) is 0 Å². The van der Waals surface area contributed by atoms with E-state index in [-0.39, 0.29) is 25.0 Å². The molecule has 4 rings (SSSR count). The van der Waals surface area contributed by atoms with Crippen molar-refractivity contribution in [2.24, 2.45) is 0 Å². The average Bonchev–Trinajstić information content (AvgIpc) is 2.77. The van der Waals surface area contributed by atoms with Crippen LogP contribution in [-0.2, 0) is 9.59 Å². The van der Waals surface area contributed by atoms with Crippen LogP contribution in [0.2, 0.25) is 0 Å². The molecule has 0 aliphatic carbocycles. The van der Waals surface area contributed by atoms with Gasteiger partial charge in [0, 0.05) is 24.3 Å². The maximum atomic E-state index is 13.0. The lowest BCUT2D eigenvalue weighted by Crippen LogP contribution is -2.43. The molecule has 8 heteroatoms. The zero-order chi connectivity index (χ0) is 21.1. The first-order chi connectivity index (χ1) is 14.5. The van der Waals surface area contributed by atoms with E-state index in [1.165, 1.54) is 29.2 Å². The number of nitrogens with zero attached hydrogens (tertiary/aromatic N) is 2. The second-order valence-corrected chi connectivity index (χ2v) is 7.36. The van der Waals surface area contributed by atoms with Crippen molar-refractivity contribution in [2.45, 2.75) is 19.3 Å². The number of rotatable bonds is 4. The highest BCUT2D eigenvalue weighted by atomic mass is 19.1. The molecule has 7 nitrogen and oxygen atoms in total. The van der Waals surface area contributed by atoms with Crippen LogP contribution in [0.3, 0.4) is 0 Å². The number of hydrogen-bond donors (Lipinski definition) is 1. The summed E-state index contributed by atoms with van der Waals surface area (Å²) in [5.74, 6) is -0.864. The van der Waals surface area contributed by atoms with Gasteiger partial charge in [-0.2, -0.15) is 0 Å². The predicted molar refractivity (Wildman–Crippen MR) is 109 cm³/mol. The number of hydrogen-bond acceptors (Lipinski definition) is 4. The molecule has 30 heavy (non-hydrogen) atoms. The standard InChI is InChI=1S/C22H22FN3O4/c23-16-5-7-17(8-6-16)24-20(27)13-26-18-12-15(4-9-19(18)30-14-21(26)28)22(29)25-10-2-1-3-11-25/h4-9,12H,1-3,10-11,13-14H2,(H,24,27). The topological polar surface area (TPSA) is 79.0 Å². The molecule has 0 radical (unpaired) electrons. The van der Waals surface area contributed by atoms with Crippen LogP contribution in [0.4, 0.5) is 15.8 Å². The van der Waals surface area contributed by atoms with Crippen LogP contribution in [0.5, 0.6) is 5.75 Å². The zero-order valence-corrected chi connectivity index (χ0v) is 16.4. The smallest absolute Gasteiger partial charge is 0.265 e. The number of piperidine rings is 1. The fourth-order valence-electron chi connectivity index (χ4n) is 3.67. The number of fused-ring (bicyclic) bond motifs is 1. The molecule has 1 saturated heterocycles. The van der Waals surface area contributed by atoms with Crippen LogP contribution in [0.25, 0.3) is 0 Å². The minimum absolute atomic E-state index is 0.0914. The van der Waals surface area contributed by atoms with Crippen molar-refractivity contribution in [3.05, 3.63) is 53.8 Å². The van der Waals surface area contributed by atoms with Crippen molar-refractivity contribution in [2.75, 3.05) is 36.5 Å². The van der Waals surface area contributed by atoms with Crippen LogP contribution in [-0.4, -0.2) is 48.9 Å². The van der Waals surface area contributed by atoms with Gasteiger partial charge >= 0.3 is 0 Å². The van der Waals surface area contributed by atoms with Gasteiger partial charge in [-0.15, -0.1) is 0 Å². The van der Waals surface area contributed by atoms with Gasteiger partial charge in [0.15, 0.2) is 6.61 Å². The van der Waals surface area contributed by atoms with Gasteiger partial charge in [-0.3, -0.25) is 19.3 Å². The Kier molecular flexibility index (Phi) is 5.65. The molecular weight excluding hydrogens is 389 g/mol. The van der Waals surface area contributed by atoms with Gasteiger partial charge in [0.25, 0.3) is 11.8 Å². The van der Waals surface area contributed by atoms with Gasteiger partial charge in [-0.05, 0) is 61.7 Å². The van der Waals surface area contributed by atoms with Crippen molar-refractivity contribution in [1.82, 2.24) is 4.90 Å². The third kappa shape index (κ3) is 4.27. The number of ether oxygens (including phenoxy) is 1. The van der Waals surface area contributed by atoms with Crippen LogP contribution in [0.15, 0.2) is 42.5 Å². The van der Waals surface area contributed by atoms with E-state index in [1.54, 1.807) is 18.2 Å². The first kappa shape index (κ1) is 19.9. The van der Waals surface area contributed by atoms with E-state index in [4.69, 9.17) is 4.74 Å². The Balaban J connectivity index is 1.53. The quantitative estimate of drug-likeness (QED) is 0.839. The zero-order valence-electron chi connectivity index (χ0n) is 16.4. The maximum Gasteiger partial charge on any atom is 0.265 e. The summed E-state index contributed by atoms with van der Waals surface area (Å²) in [5, 5.41) is 2.64. The fourth-order valence-corrected chi connectivity index (χ4v) is 3.67. The molecule has 3 amide bonds. The Labute approximate surface area is 173 Å². The van der Waals surface area contributed by atoms with E-state index < -0.39 is 11.7 Å².